The number of nitrogens with two attached hydrogens (primary N) is 1. The monoisotopic (exact) mass is 272 g/mol. The SMILES string of the molecule is NNC(=O)c1cc(C(F)(F)F)cc(C(F)(F)F)c1. The maximum absolute atomic E-state index is 12.4. The number of alkyl halides is 6. The summed E-state index contributed by atoms with van der Waals surface area (Å²) in [5, 5.41) is 0. The molecule has 1 amide bonds. The number of carbonyl (C=O) groups is 1. The maximum atomic E-state index is 12.4. The van der Waals surface area contributed by atoms with E-state index in [4.69, 9.17) is 0 Å². The second-order valence-electron chi connectivity index (χ2n) is 3.27. The Hall–Kier alpha value is -1.77. The normalized spacial score (nSPS) is 12.4. The first-order valence-electron chi connectivity index (χ1n) is 4.36. The molecule has 0 aliphatic rings. The van der Waals surface area contributed by atoms with Crippen LogP contribution in [0.3, 0.4) is 0 Å². The van der Waals surface area contributed by atoms with Gasteiger partial charge >= 0.3 is 12.4 Å². The molecule has 1 rings (SSSR count). The lowest BCUT2D eigenvalue weighted by Gasteiger charge is -2.13. The standard InChI is InChI=1S/C9H6F6N2O/c10-8(11,12)5-1-4(7(18)17-16)2-6(3-5)9(13,14)15/h1-3H,16H2,(H,17,18). The Bertz CT molecular complexity index is 433. The number of rotatable bonds is 1. The van der Waals surface area contributed by atoms with Gasteiger partial charge in [0.15, 0.2) is 0 Å². The number of hydrogen-bond donors (Lipinski definition) is 2. The van der Waals surface area contributed by atoms with E-state index in [1.165, 1.54) is 5.43 Å². The number of carbonyl (C=O) groups excluding carboxylic acids is 1. The van der Waals surface area contributed by atoms with Crippen molar-refractivity contribution in [3.63, 3.8) is 0 Å². The highest BCUT2D eigenvalue weighted by Crippen LogP contribution is 2.36. The van der Waals surface area contributed by atoms with E-state index < -0.39 is 35.0 Å². The van der Waals surface area contributed by atoms with Crippen molar-refractivity contribution in [1.82, 2.24) is 5.43 Å². The topological polar surface area (TPSA) is 55.1 Å². The molecule has 0 aliphatic carbocycles. The molecular weight excluding hydrogens is 266 g/mol. The fraction of sp³-hybridized carbons (Fsp3) is 0.222. The van der Waals surface area contributed by atoms with Crippen molar-refractivity contribution in [1.29, 1.82) is 0 Å². The van der Waals surface area contributed by atoms with Crippen LogP contribution in [-0.4, -0.2) is 5.91 Å². The first-order valence-corrected chi connectivity index (χ1v) is 4.36. The molecule has 100 valence electrons. The Balaban J connectivity index is 3.44. The predicted molar refractivity (Wildman–Crippen MR) is 48.1 cm³/mol. The molecule has 0 atom stereocenters. The summed E-state index contributed by atoms with van der Waals surface area (Å²) in [5.74, 6) is 3.42. The zero-order valence-corrected chi connectivity index (χ0v) is 8.49. The van der Waals surface area contributed by atoms with Crippen LogP contribution < -0.4 is 11.3 Å². The molecule has 0 fully saturated rings. The molecule has 0 bridgehead atoms. The molecule has 0 saturated carbocycles. The number of hydrogen-bond acceptors (Lipinski definition) is 2. The highest BCUT2D eigenvalue weighted by molar-refractivity contribution is 5.94. The van der Waals surface area contributed by atoms with Crippen molar-refractivity contribution >= 4 is 5.91 Å². The molecule has 3 N–H and O–H groups in total. The summed E-state index contributed by atoms with van der Waals surface area (Å²) in [4.78, 5) is 11.0. The van der Waals surface area contributed by atoms with E-state index in [0.29, 0.717) is 0 Å². The maximum Gasteiger partial charge on any atom is 0.416 e. The first kappa shape index (κ1) is 14.3. The van der Waals surface area contributed by atoms with Crippen LogP contribution in [0.1, 0.15) is 21.5 Å². The van der Waals surface area contributed by atoms with E-state index in [-0.39, 0.29) is 18.2 Å². The van der Waals surface area contributed by atoms with Gasteiger partial charge in [-0.05, 0) is 18.2 Å². The third-order valence-corrected chi connectivity index (χ3v) is 1.98. The highest BCUT2D eigenvalue weighted by Gasteiger charge is 2.37. The van der Waals surface area contributed by atoms with Crippen LogP contribution in [-0.2, 0) is 12.4 Å². The number of amides is 1. The van der Waals surface area contributed by atoms with Gasteiger partial charge in [-0.3, -0.25) is 10.2 Å². The predicted octanol–water partition coefficient (Wildman–Crippen LogP) is 2.33. The van der Waals surface area contributed by atoms with Gasteiger partial charge in [-0.25, -0.2) is 5.84 Å². The second-order valence-corrected chi connectivity index (χ2v) is 3.27. The van der Waals surface area contributed by atoms with Crippen LogP contribution in [0.5, 0.6) is 0 Å². The molecule has 9 heteroatoms. The van der Waals surface area contributed by atoms with Crippen molar-refractivity contribution in [2.45, 2.75) is 12.4 Å². The Morgan fingerprint density at radius 2 is 1.33 bits per heavy atom. The zero-order chi connectivity index (χ0) is 14.1. The Morgan fingerprint density at radius 1 is 0.944 bits per heavy atom. The largest absolute Gasteiger partial charge is 0.416 e. The van der Waals surface area contributed by atoms with E-state index in [1.54, 1.807) is 0 Å². The van der Waals surface area contributed by atoms with Gasteiger partial charge in [-0.2, -0.15) is 26.3 Å². The van der Waals surface area contributed by atoms with Crippen LogP contribution >= 0.6 is 0 Å². The van der Waals surface area contributed by atoms with Crippen molar-refractivity contribution in [2.24, 2.45) is 5.84 Å². The van der Waals surface area contributed by atoms with E-state index >= 15 is 0 Å². The van der Waals surface area contributed by atoms with E-state index in [1.807, 2.05) is 0 Å². The van der Waals surface area contributed by atoms with Crippen molar-refractivity contribution in [2.75, 3.05) is 0 Å². The molecular formula is C9H6F6N2O. The van der Waals surface area contributed by atoms with Gasteiger partial charge < -0.3 is 0 Å². The van der Waals surface area contributed by atoms with Gasteiger partial charge in [0.05, 0.1) is 11.1 Å². The molecule has 0 saturated heterocycles. The smallest absolute Gasteiger partial charge is 0.290 e. The fourth-order valence-corrected chi connectivity index (χ4v) is 1.17. The van der Waals surface area contributed by atoms with Gasteiger partial charge in [0, 0.05) is 5.56 Å². The quantitative estimate of drug-likeness (QED) is 0.357. The summed E-state index contributed by atoms with van der Waals surface area (Å²) in [6, 6.07) is 0.502. The molecule has 0 unspecified atom stereocenters. The summed E-state index contributed by atoms with van der Waals surface area (Å²) in [7, 11) is 0. The minimum atomic E-state index is -5.00. The van der Waals surface area contributed by atoms with Crippen LogP contribution in [0.2, 0.25) is 0 Å². The van der Waals surface area contributed by atoms with E-state index in [0.717, 1.165) is 0 Å². The van der Waals surface area contributed by atoms with Gasteiger partial charge in [0.2, 0.25) is 0 Å². The van der Waals surface area contributed by atoms with Crippen molar-refractivity contribution < 1.29 is 31.1 Å². The third kappa shape index (κ3) is 3.13. The van der Waals surface area contributed by atoms with E-state index in [9.17, 15) is 31.1 Å². The lowest BCUT2D eigenvalue weighted by Crippen LogP contribution is -2.30. The van der Waals surface area contributed by atoms with Gasteiger partial charge in [-0.1, -0.05) is 0 Å². The number of halogens is 6. The summed E-state index contributed by atoms with van der Waals surface area (Å²) in [5.41, 5.74) is -2.50. The Kier molecular flexibility index (Phi) is 3.56. The highest BCUT2D eigenvalue weighted by atomic mass is 19.4. The third-order valence-electron chi connectivity index (χ3n) is 1.98. The molecule has 1 aromatic rings. The van der Waals surface area contributed by atoms with Crippen molar-refractivity contribution in [3.8, 4) is 0 Å². The van der Waals surface area contributed by atoms with Gasteiger partial charge in [0.1, 0.15) is 0 Å². The summed E-state index contributed by atoms with van der Waals surface area (Å²) >= 11 is 0. The number of benzene rings is 1. The lowest BCUT2D eigenvalue weighted by molar-refractivity contribution is -0.143. The van der Waals surface area contributed by atoms with Gasteiger partial charge in [0.25, 0.3) is 5.91 Å². The summed E-state index contributed by atoms with van der Waals surface area (Å²) < 4.78 is 74.2. The molecule has 0 aromatic heterocycles. The zero-order valence-electron chi connectivity index (χ0n) is 8.49. The Labute approximate surface area is 96.5 Å². The molecule has 1 aromatic carbocycles. The van der Waals surface area contributed by atoms with Gasteiger partial charge in [-0.15, -0.1) is 0 Å². The second kappa shape index (κ2) is 4.48. The van der Waals surface area contributed by atoms with Crippen LogP contribution in [0.4, 0.5) is 26.3 Å². The molecule has 18 heavy (non-hydrogen) atoms. The summed E-state index contributed by atoms with van der Waals surface area (Å²) in [6.07, 6.45) is -9.99. The average molecular weight is 272 g/mol. The molecule has 0 heterocycles. The van der Waals surface area contributed by atoms with Crippen LogP contribution in [0.25, 0.3) is 0 Å². The average Bonchev–Trinajstić information content (AvgIpc) is 2.25. The Morgan fingerprint density at radius 3 is 1.61 bits per heavy atom. The molecule has 0 radical (unpaired) electrons. The summed E-state index contributed by atoms with van der Waals surface area (Å²) in [6.45, 7) is 0. The lowest BCUT2D eigenvalue weighted by atomic mass is 10.0. The minimum absolute atomic E-state index is 0.0761. The molecule has 3 nitrogen and oxygen atoms in total. The van der Waals surface area contributed by atoms with Crippen LogP contribution in [0.15, 0.2) is 18.2 Å². The van der Waals surface area contributed by atoms with Crippen molar-refractivity contribution in [3.05, 3.63) is 34.9 Å². The van der Waals surface area contributed by atoms with Crippen LogP contribution in [0, 0.1) is 0 Å². The molecule has 0 spiro atoms. The number of hydrazine groups is 1. The molecule has 0 aliphatic heterocycles. The number of nitrogens with one attached hydrogen (secondary N) is 1. The number of nitrogen functional groups attached to an aromatic ring is 1. The first-order chi connectivity index (χ1) is 8.05. The minimum Gasteiger partial charge on any atom is -0.290 e. The fourth-order valence-electron chi connectivity index (χ4n) is 1.17. The van der Waals surface area contributed by atoms with E-state index in [2.05, 4.69) is 5.84 Å².